The van der Waals surface area contributed by atoms with E-state index in [-0.39, 0.29) is 34.7 Å². The number of anilines is 1. The van der Waals surface area contributed by atoms with E-state index in [1.807, 2.05) is 30.7 Å². The predicted octanol–water partition coefficient (Wildman–Crippen LogP) is 6.93. The Morgan fingerprint density at radius 1 is 1.02 bits per heavy atom. The number of benzene rings is 1. The fourth-order valence-corrected chi connectivity index (χ4v) is 10.2. The molecule has 4 N–H and O–H groups in total. The minimum Gasteiger partial charge on any atom is -0.370 e. The molecule has 1 aliphatic heterocycles. The highest BCUT2D eigenvalue weighted by Gasteiger charge is 2.73. The van der Waals surface area contributed by atoms with Gasteiger partial charge in [0.15, 0.2) is 21.5 Å². The number of ether oxygens (including phenoxy) is 1. The minimum absolute atomic E-state index is 0.0733. The van der Waals surface area contributed by atoms with Crippen LogP contribution in [0.1, 0.15) is 91.5 Å². The number of aromatic nitrogens is 1. The van der Waals surface area contributed by atoms with Crippen LogP contribution >= 0.6 is 0 Å². The zero-order valence-electron chi connectivity index (χ0n) is 28.2. The summed E-state index contributed by atoms with van der Waals surface area (Å²) in [6.07, 6.45) is 16.8. The fraction of sp³-hybridized carbons (Fsp3) is 0.568. The van der Waals surface area contributed by atoms with Gasteiger partial charge in [0.25, 0.3) is 0 Å². The minimum atomic E-state index is -3.63. The Morgan fingerprint density at radius 3 is 2.26 bits per heavy atom. The van der Waals surface area contributed by atoms with Crippen LogP contribution < -0.4 is 16.4 Å². The van der Waals surface area contributed by atoms with Crippen molar-refractivity contribution in [3.8, 4) is 0 Å². The number of pyridine rings is 1. The highest BCUT2D eigenvalue weighted by Crippen LogP contribution is 2.69. The predicted molar refractivity (Wildman–Crippen MR) is 185 cm³/mol. The molecule has 1 aromatic heterocycles. The molecule has 6 rings (SSSR count). The molecule has 5 atom stereocenters. The van der Waals surface area contributed by atoms with Crippen molar-refractivity contribution in [1.29, 1.82) is 0 Å². The number of guanidine groups is 1. The zero-order chi connectivity index (χ0) is 32.9. The van der Waals surface area contributed by atoms with Gasteiger partial charge in [0.05, 0.1) is 33.0 Å². The van der Waals surface area contributed by atoms with E-state index in [4.69, 9.17) is 15.5 Å². The quantitative estimate of drug-likeness (QED) is 0.240. The summed E-state index contributed by atoms with van der Waals surface area (Å²) < 4.78 is 35.2. The van der Waals surface area contributed by atoms with Gasteiger partial charge in [-0.25, -0.2) is 13.4 Å². The summed E-state index contributed by atoms with van der Waals surface area (Å²) in [6, 6.07) is 11.5. The van der Waals surface area contributed by atoms with Gasteiger partial charge in [0.1, 0.15) is 0 Å². The number of sulfone groups is 1. The first-order valence-corrected chi connectivity index (χ1v) is 18.6. The van der Waals surface area contributed by atoms with Crippen molar-refractivity contribution in [2.24, 2.45) is 33.9 Å². The van der Waals surface area contributed by atoms with Crippen LogP contribution in [0.15, 0.2) is 82.6 Å². The van der Waals surface area contributed by atoms with Crippen LogP contribution in [0.25, 0.3) is 0 Å². The molecule has 0 saturated heterocycles. The number of rotatable bonds is 10. The largest absolute Gasteiger partial charge is 0.370 e. The Kier molecular flexibility index (Phi) is 8.64. The summed E-state index contributed by atoms with van der Waals surface area (Å²) in [4.78, 5) is 9.98. The first-order valence-electron chi connectivity index (χ1n) is 17.0. The molecule has 0 bridgehead atoms. The molecule has 3 unspecified atom stereocenters. The van der Waals surface area contributed by atoms with Crippen LogP contribution in [0, 0.1) is 23.2 Å². The van der Waals surface area contributed by atoms with Gasteiger partial charge in [-0.1, -0.05) is 43.5 Å². The molecule has 8 nitrogen and oxygen atoms in total. The van der Waals surface area contributed by atoms with Gasteiger partial charge in [-0.15, -0.1) is 0 Å². The Labute approximate surface area is 275 Å². The maximum atomic E-state index is 13.8. The van der Waals surface area contributed by atoms with Crippen molar-refractivity contribution in [2.45, 2.75) is 113 Å². The first-order chi connectivity index (χ1) is 21.9. The molecule has 46 heavy (non-hydrogen) atoms. The van der Waals surface area contributed by atoms with E-state index in [0.29, 0.717) is 11.6 Å². The fourth-order valence-electron chi connectivity index (χ4n) is 9.05. The van der Waals surface area contributed by atoms with Crippen molar-refractivity contribution in [3.05, 3.63) is 78.3 Å². The first kappa shape index (κ1) is 32.8. The van der Waals surface area contributed by atoms with Crippen molar-refractivity contribution >= 4 is 21.5 Å². The lowest BCUT2D eigenvalue weighted by Crippen LogP contribution is -2.74. The third-order valence-electron chi connectivity index (χ3n) is 11.4. The lowest BCUT2D eigenvalue weighted by Gasteiger charge is -2.69. The van der Waals surface area contributed by atoms with Crippen LogP contribution in [0.3, 0.4) is 0 Å². The molecule has 248 valence electrons. The Bertz CT molecular complexity index is 1630. The summed E-state index contributed by atoms with van der Waals surface area (Å²) in [5.74, 6) is 0.977. The van der Waals surface area contributed by atoms with Crippen LogP contribution in [0.4, 0.5) is 5.69 Å². The van der Waals surface area contributed by atoms with E-state index in [0.717, 1.165) is 37.7 Å². The lowest BCUT2D eigenvalue weighted by atomic mass is 9.41. The highest BCUT2D eigenvalue weighted by molar-refractivity contribution is 7.92. The average Bonchev–Trinajstić information content (AvgIpc) is 2.95. The molecule has 1 aromatic carbocycles. The van der Waals surface area contributed by atoms with Crippen LogP contribution in [-0.2, 0) is 14.6 Å². The summed E-state index contributed by atoms with van der Waals surface area (Å²) in [6.45, 7) is 12.4. The summed E-state index contributed by atoms with van der Waals surface area (Å²) >= 11 is 0. The maximum absolute atomic E-state index is 13.8. The van der Waals surface area contributed by atoms with Gasteiger partial charge < -0.3 is 21.1 Å². The second kappa shape index (κ2) is 12.1. The van der Waals surface area contributed by atoms with E-state index in [1.165, 1.54) is 12.0 Å². The molecule has 0 spiro atoms. The van der Waals surface area contributed by atoms with Crippen LogP contribution in [0.2, 0.25) is 0 Å². The van der Waals surface area contributed by atoms with Gasteiger partial charge in [-0.3, -0.25) is 4.98 Å². The van der Waals surface area contributed by atoms with E-state index in [9.17, 15) is 8.42 Å². The topological polar surface area (TPSA) is 119 Å². The number of nitrogens with two attached hydrogens (primary N) is 1. The molecule has 0 radical (unpaired) electrons. The van der Waals surface area contributed by atoms with Gasteiger partial charge >= 0.3 is 0 Å². The second-order valence-electron chi connectivity index (χ2n) is 14.6. The number of allylic oxidation sites excluding steroid dienone is 1. The smallest absolute Gasteiger partial charge is 0.195 e. The monoisotopic (exact) mass is 645 g/mol. The average molecular weight is 646 g/mol. The molecule has 3 aliphatic carbocycles. The van der Waals surface area contributed by atoms with Crippen molar-refractivity contribution < 1.29 is 13.2 Å². The van der Waals surface area contributed by atoms with Crippen molar-refractivity contribution in [3.63, 3.8) is 0 Å². The Balaban J connectivity index is 1.70. The Hall–Kier alpha value is -3.17. The molecule has 2 aromatic rings. The van der Waals surface area contributed by atoms with E-state index in [2.05, 4.69) is 67.6 Å². The number of hydrogen-bond donors (Lipinski definition) is 3. The third-order valence-corrected chi connectivity index (χ3v) is 13.6. The molecule has 4 aliphatic rings. The van der Waals surface area contributed by atoms with Gasteiger partial charge in [0.2, 0.25) is 0 Å². The SMILES string of the molecule is CC1=C[C@H](c2ccncc2)C(OC(C)C)(C2CCC2)C(C)(C2(Nc3ccccc3S(=O)(=O)C(C)C)C=CNC(N)=N2)[C@H]1C1CCC1. The van der Waals surface area contributed by atoms with E-state index >= 15 is 0 Å². The lowest BCUT2D eigenvalue weighted by molar-refractivity contribution is -0.247. The summed E-state index contributed by atoms with van der Waals surface area (Å²) in [5.41, 5.74) is 7.04. The standard InChI is InChI=1S/C37H51N5O3S/c1-24(2)45-37(29-13-10-14-29)30(27-17-20-39-21-18-27)23-26(5)33(28-11-9-12-28)35(37,6)36(19-22-40-34(38)42-36)41-31-15-7-8-16-32(31)46(43,44)25(3)4/h7-8,15-25,28-30,33,41H,9-14H2,1-6H3,(H3,38,40,42)/t30-,33-,35?,36?,37?/m1/s1. The highest BCUT2D eigenvalue weighted by atomic mass is 32.2. The van der Waals surface area contributed by atoms with Crippen LogP contribution in [-0.4, -0.2) is 42.0 Å². The second-order valence-corrected chi connectivity index (χ2v) is 17.1. The van der Waals surface area contributed by atoms with Crippen molar-refractivity contribution in [2.75, 3.05) is 5.32 Å². The molecule has 0 amide bonds. The number of hydrogen-bond acceptors (Lipinski definition) is 8. The van der Waals surface area contributed by atoms with E-state index < -0.39 is 31.8 Å². The number of nitrogens with one attached hydrogen (secondary N) is 2. The molecule has 2 heterocycles. The summed E-state index contributed by atoms with van der Waals surface area (Å²) in [7, 11) is -3.63. The van der Waals surface area contributed by atoms with Crippen molar-refractivity contribution in [1.82, 2.24) is 10.3 Å². The molecule has 9 heteroatoms. The van der Waals surface area contributed by atoms with Gasteiger partial charge in [-0.2, -0.15) is 0 Å². The third kappa shape index (κ3) is 5.00. The maximum Gasteiger partial charge on any atom is 0.195 e. The number of nitrogens with zero attached hydrogens (tertiary/aromatic N) is 2. The molecular formula is C37H51N5O3S. The van der Waals surface area contributed by atoms with E-state index in [1.54, 1.807) is 26.0 Å². The Morgan fingerprint density at radius 2 is 1.70 bits per heavy atom. The summed E-state index contributed by atoms with van der Waals surface area (Å²) in [5, 5.41) is 6.36. The zero-order valence-corrected chi connectivity index (χ0v) is 29.0. The van der Waals surface area contributed by atoms with Gasteiger partial charge in [-0.05, 0) is 114 Å². The van der Waals surface area contributed by atoms with Gasteiger partial charge in [0, 0.05) is 24.5 Å². The molecular weight excluding hydrogens is 595 g/mol. The number of para-hydroxylation sites is 1. The number of aliphatic imine (C=N–C) groups is 1. The van der Waals surface area contributed by atoms with Crippen LogP contribution in [0.5, 0.6) is 0 Å². The molecule has 2 fully saturated rings. The molecule has 2 saturated carbocycles. The normalized spacial score (nSPS) is 31.9.